The maximum Gasteiger partial charge on any atom is 0.408 e. The lowest BCUT2D eigenvalue weighted by Crippen LogP contribution is -2.62. The number of hydrogen-bond acceptors (Lipinski definition) is 7. The highest BCUT2D eigenvalue weighted by molar-refractivity contribution is 5.97. The number of esters is 1. The molecule has 1 aliphatic heterocycles. The van der Waals surface area contributed by atoms with Crippen LogP contribution < -0.4 is 16.0 Å². The van der Waals surface area contributed by atoms with E-state index in [-0.39, 0.29) is 20.3 Å². The fourth-order valence-electron chi connectivity index (χ4n) is 4.69. The maximum atomic E-state index is 13.9. The lowest BCUT2D eigenvalue weighted by molar-refractivity contribution is -0.163. The Hall–Kier alpha value is -3.89. The molecule has 2 rings (SSSR count). The van der Waals surface area contributed by atoms with Crippen LogP contribution in [0.2, 0.25) is 0 Å². The molecule has 1 heterocycles. The maximum absolute atomic E-state index is 13.9. The summed E-state index contributed by atoms with van der Waals surface area (Å²) in [5, 5.41) is 8.11. The molecule has 1 fully saturated rings. The van der Waals surface area contributed by atoms with Crippen LogP contribution in [0.1, 0.15) is 94.1 Å². The molecule has 1 unspecified atom stereocenters. The predicted octanol–water partition coefficient (Wildman–Crippen LogP) is 4.44. The standard InChI is InChI=1S/C33H50N4O7.CH4/c1-10-11-18-23(35-30(42)44-32(5,6)7)26(38)36-33(8,9)29(41)34-24(21-22-16-13-12-14-17-22)27(39)37-20-15-19-25(37)28(40)43-31(2,3)4;/h10,12-14,16-17,23-25H,1,11,15,18-21H2,2-9H3,(H,34,41)(H,35,42)(H,36,38);1H4/t23-,24?,25+;/m0./s1. The van der Waals surface area contributed by atoms with Crippen LogP contribution in [-0.2, 0) is 35.1 Å². The number of likely N-dealkylation sites (tertiary alicyclic amines) is 1. The van der Waals surface area contributed by atoms with E-state index in [1.54, 1.807) is 47.6 Å². The van der Waals surface area contributed by atoms with E-state index in [1.165, 1.54) is 18.7 Å². The van der Waals surface area contributed by atoms with Crippen LogP contribution in [0.3, 0.4) is 0 Å². The van der Waals surface area contributed by atoms with Gasteiger partial charge in [0, 0.05) is 13.0 Å². The number of benzene rings is 1. The average molecular weight is 631 g/mol. The normalized spacial score (nSPS) is 16.4. The summed E-state index contributed by atoms with van der Waals surface area (Å²) in [7, 11) is 0. The summed E-state index contributed by atoms with van der Waals surface area (Å²) in [6, 6.07) is 6.46. The van der Waals surface area contributed by atoms with Crippen molar-refractivity contribution in [3.63, 3.8) is 0 Å². The largest absolute Gasteiger partial charge is 0.458 e. The average Bonchev–Trinajstić information content (AvgIpc) is 3.39. The second-order valence-electron chi connectivity index (χ2n) is 13.6. The van der Waals surface area contributed by atoms with Gasteiger partial charge in [-0.3, -0.25) is 14.4 Å². The van der Waals surface area contributed by atoms with Crippen molar-refractivity contribution >= 4 is 29.8 Å². The number of ether oxygens (including phenoxy) is 2. The molecule has 4 amide bonds. The molecule has 1 aromatic rings. The number of carbonyl (C=O) groups excluding carboxylic acids is 5. The highest BCUT2D eigenvalue weighted by Gasteiger charge is 2.41. The van der Waals surface area contributed by atoms with E-state index in [4.69, 9.17) is 9.47 Å². The third-order valence-electron chi connectivity index (χ3n) is 6.77. The van der Waals surface area contributed by atoms with Crippen molar-refractivity contribution in [2.75, 3.05) is 6.54 Å². The van der Waals surface area contributed by atoms with Crippen molar-refractivity contribution in [2.24, 2.45) is 0 Å². The van der Waals surface area contributed by atoms with Gasteiger partial charge in [0.05, 0.1) is 0 Å². The molecule has 0 bridgehead atoms. The van der Waals surface area contributed by atoms with Gasteiger partial charge < -0.3 is 30.3 Å². The molecule has 11 heteroatoms. The number of nitrogens with zero attached hydrogens (tertiary/aromatic N) is 1. The quantitative estimate of drug-likeness (QED) is 0.229. The van der Waals surface area contributed by atoms with Crippen molar-refractivity contribution in [3.8, 4) is 0 Å². The summed E-state index contributed by atoms with van der Waals surface area (Å²) in [5.41, 5.74) is -2.13. The van der Waals surface area contributed by atoms with Gasteiger partial charge >= 0.3 is 12.1 Å². The molecule has 45 heavy (non-hydrogen) atoms. The zero-order valence-corrected chi connectivity index (χ0v) is 27.5. The molecule has 1 aliphatic rings. The van der Waals surface area contributed by atoms with E-state index in [2.05, 4.69) is 22.5 Å². The van der Waals surface area contributed by atoms with Gasteiger partial charge in [0.2, 0.25) is 17.7 Å². The minimum absolute atomic E-state index is 0. The number of rotatable bonds is 12. The molecule has 3 atom stereocenters. The minimum atomic E-state index is -1.47. The Morgan fingerprint density at radius 2 is 1.53 bits per heavy atom. The van der Waals surface area contributed by atoms with Crippen molar-refractivity contribution in [1.82, 2.24) is 20.9 Å². The molecule has 1 aromatic carbocycles. The Labute approximate surface area is 268 Å². The van der Waals surface area contributed by atoms with E-state index in [0.29, 0.717) is 25.8 Å². The van der Waals surface area contributed by atoms with Crippen LogP contribution in [0.4, 0.5) is 4.79 Å². The van der Waals surface area contributed by atoms with Crippen molar-refractivity contribution in [3.05, 3.63) is 48.6 Å². The summed E-state index contributed by atoms with van der Waals surface area (Å²) in [6.07, 6.45) is 2.80. The second-order valence-corrected chi connectivity index (χ2v) is 13.6. The van der Waals surface area contributed by atoms with Crippen LogP contribution in [-0.4, -0.2) is 76.1 Å². The summed E-state index contributed by atoms with van der Waals surface area (Å²) in [4.78, 5) is 67.7. The number of hydrogen-bond donors (Lipinski definition) is 3. The summed E-state index contributed by atoms with van der Waals surface area (Å²) in [5.74, 6) is -2.09. The minimum Gasteiger partial charge on any atom is -0.458 e. The van der Waals surface area contributed by atoms with Gasteiger partial charge in [-0.25, -0.2) is 9.59 Å². The van der Waals surface area contributed by atoms with Crippen LogP contribution in [0, 0.1) is 0 Å². The van der Waals surface area contributed by atoms with Crippen molar-refractivity contribution < 1.29 is 33.4 Å². The van der Waals surface area contributed by atoms with Crippen LogP contribution in [0.15, 0.2) is 43.0 Å². The molecule has 0 aromatic heterocycles. The molecule has 1 saturated heterocycles. The van der Waals surface area contributed by atoms with Gasteiger partial charge in [0.15, 0.2) is 0 Å². The van der Waals surface area contributed by atoms with Gasteiger partial charge in [-0.05, 0) is 86.6 Å². The first kappa shape index (κ1) is 39.1. The topological polar surface area (TPSA) is 143 Å². The lowest BCUT2D eigenvalue weighted by Gasteiger charge is -2.33. The van der Waals surface area contributed by atoms with E-state index in [0.717, 1.165) is 5.56 Å². The number of carbonyl (C=O) groups is 5. The summed E-state index contributed by atoms with van der Waals surface area (Å²) >= 11 is 0. The van der Waals surface area contributed by atoms with Crippen molar-refractivity contribution in [1.29, 1.82) is 0 Å². The van der Waals surface area contributed by atoms with Crippen LogP contribution in [0.25, 0.3) is 0 Å². The zero-order valence-electron chi connectivity index (χ0n) is 27.5. The van der Waals surface area contributed by atoms with Gasteiger partial charge in [-0.2, -0.15) is 0 Å². The van der Waals surface area contributed by atoms with Crippen molar-refractivity contribution in [2.45, 2.75) is 130 Å². The van der Waals surface area contributed by atoms with E-state index in [1.807, 2.05) is 30.3 Å². The van der Waals surface area contributed by atoms with Gasteiger partial charge in [0.25, 0.3) is 0 Å². The SMILES string of the molecule is C.C=CCC[C@H](NC(=O)OC(C)(C)C)C(=O)NC(C)(C)C(=O)NC(Cc1ccccc1)C(=O)N1CCC[C@@H]1C(=O)OC(C)(C)C. The highest BCUT2D eigenvalue weighted by atomic mass is 16.6. The summed E-state index contributed by atoms with van der Waals surface area (Å²) < 4.78 is 10.9. The molecule has 0 saturated carbocycles. The molecular weight excluding hydrogens is 576 g/mol. The van der Waals surface area contributed by atoms with Gasteiger partial charge in [0.1, 0.15) is 34.9 Å². The van der Waals surface area contributed by atoms with E-state index < -0.39 is 64.7 Å². The number of nitrogens with one attached hydrogen (secondary N) is 3. The fraction of sp³-hybridized carbons (Fsp3) is 0.618. The monoisotopic (exact) mass is 630 g/mol. The van der Waals surface area contributed by atoms with Gasteiger partial charge in [-0.1, -0.05) is 43.8 Å². The molecule has 3 N–H and O–H groups in total. The van der Waals surface area contributed by atoms with E-state index in [9.17, 15) is 24.0 Å². The first-order valence-corrected chi connectivity index (χ1v) is 15.1. The molecule has 0 radical (unpaired) electrons. The lowest BCUT2D eigenvalue weighted by atomic mass is 9.99. The first-order chi connectivity index (χ1) is 20.3. The van der Waals surface area contributed by atoms with Crippen LogP contribution in [0.5, 0.6) is 0 Å². The third kappa shape index (κ3) is 12.9. The number of alkyl carbamates (subject to hydrolysis) is 1. The highest BCUT2D eigenvalue weighted by Crippen LogP contribution is 2.23. The number of amides is 4. The first-order valence-electron chi connectivity index (χ1n) is 15.1. The summed E-state index contributed by atoms with van der Waals surface area (Å²) in [6.45, 7) is 17.5. The second kappa shape index (κ2) is 16.4. The Morgan fingerprint density at radius 3 is 2.09 bits per heavy atom. The van der Waals surface area contributed by atoms with Crippen LogP contribution >= 0.6 is 0 Å². The molecule has 0 spiro atoms. The van der Waals surface area contributed by atoms with Gasteiger partial charge in [-0.15, -0.1) is 6.58 Å². The smallest absolute Gasteiger partial charge is 0.408 e. The molecule has 252 valence electrons. The molecular formula is C34H54N4O7. The fourth-order valence-corrected chi connectivity index (χ4v) is 4.69. The van der Waals surface area contributed by atoms with E-state index >= 15 is 0 Å². The Kier molecular flexibility index (Phi) is 14.3. The Bertz CT molecular complexity index is 1190. The predicted molar refractivity (Wildman–Crippen MR) is 174 cm³/mol. The molecule has 11 nitrogen and oxygen atoms in total. The Balaban J connectivity index is 0.0000101. The Morgan fingerprint density at radius 1 is 0.933 bits per heavy atom. The third-order valence-corrected chi connectivity index (χ3v) is 6.77. The zero-order chi connectivity index (χ0) is 33.3. The number of allylic oxidation sites excluding steroid dienone is 1. The molecule has 0 aliphatic carbocycles.